The number of nitrogens with zero attached hydrogens (tertiary/aromatic N) is 1. The van der Waals surface area contributed by atoms with E-state index in [-0.39, 0.29) is 0 Å². The topological polar surface area (TPSA) is 39.2 Å². The molecule has 0 N–H and O–H groups in total. The monoisotopic (exact) mass is 275 g/mol. The lowest BCUT2D eigenvalue weighted by Crippen LogP contribution is -1.93. The number of halogens is 2. The first-order chi connectivity index (χ1) is 6.63. The third kappa shape index (κ3) is 3.12. The third-order valence-electron chi connectivity index (χ3n) is 1.43. The molecule has 0 fully saturated rings. The van der Waals surface area contributed by atoms with Crippen LogP contribution in [0.2, 0.25) is 5.15 Å². The van der Waals surface area contributed by atoms with Gasteiger partial charge in [-0.3, -0.25) is 0 Å². The van der Waals surface area contributed by atoms with Gasteiger partial charge in [0.05, 0.1) is 7.11 Å². The van der Waals surface area contributed by atoms with Gasteiger partial charge in [0.1, 0.15) is 5.15 Å². The van der Waals surface area contributed by atoms with Crippen LogP contribution in [0.25, 0.3) is 6.08 Å². The van der Waals surface area contributed by atoms with E-state index >= 15 is 0 Å². The minimum atomic E-state index is -0.430. The van der Waals surface area contributed by atoms with E-state index in [1.807, 2.05) is 0 Å². The Morgan fingerprint density at radius 1 is 1.71 bits per heavy atom. The first kappa shape index (κ1) is 11.2. The van der Waals surface area contributed by atoms with Crippen molar-refractivity contribution in [1.82, 2.24) is 4.98 Å². The summed E-state index contributed by atoms with van der Waals surface area (Å²) in [5, 5.41) is 0.341. The number of hydrogen-bond donors (Lipinski definition) is 0. The molecule has 1 aromatic rings. The summed E-state index contributed by atoms with van der Waals surface area (Å²) in [5.41, 5.74) is 0.659. The van der Waals surface area contributed by atoms with Crippen molar-refractivity contribution in [1.29, 1.82) is 0 Å². The summed E-state index contributed by atoms with van der Waals surface area (Å²) in [6.07, 6.45) is 4.42. The smallest absolute Gasteiger partial charge is 0.330 e. The second kappa shape index (κ2) is 5.12. The maximum absolute atomic E-state index is 10.8. The Balaban J connectivity index is 2.90. The summed E-state index contributed by atoms with van der Waals surface area (Å²) >= 11 is 9.04. The lowest BCUT2D eigenvalue weighted by molar-refractivity contribution is -0.134. The first-order valence-corrected chi connectivity index (χ1v) is 4.87. The highest BCUT2D eigenvalue weighted by atomic mass is 79.9. The zero-order valence-electron chi connectivity index (χ0n) is 7.33. The molecule has 0 aromatic carbocycles. The Morgan fingerprint density at radius 2 is 2.43 bits per heavy atom. The minimum Gasteiger partial charge on any atom is -0.466 e. The van der Waals surface area contributed by atoms with Gasteiger partial charge in [0.15, 0.2) is 0 Å². The average Bonchev–Trinajstić information content (AvgIpc) is 2.19. The highest BCUT2D eigenvalue weighted by Crippen LogP contribution is 2.19. The molecule has 0 saturated carbocycles. The molecule has 0 aliphatic carbocycles. The van der Waals surface area contributed by atoms with Gasteiger partial charge in [-0.2, -0.15) is 0 Å². The molecule has 1 rings (SSSR count). The number of carbonyl (C=O) groups excluding carboxylic acids is 1. The van der Waals surface area contributed by atoms with Crippen molar-refractivity contribution in [2.75, 3.05) is 7.11 Å². The molecule has 0 saturated heterocycles. The molecule has 74 valence electrons. The number of pyridine rings is 1. The SMILES string of the molecule is COC(=O)/C=C/c1cc(Br)cnc1Cl. The van der Waals surface area contributed by atoms with Crippen LogP contribution in [0.15, 0.2) is 22.8 Å². The number of methoxy groups -OCH3 is 1. The summed E-state index contributed by atoms with van der Waals surface area (Å²) < 4.78 is 5.24. The van der Waals surface area contributed by atoms with Crippen LogP contribution >= 0.6 is 27.5 Å². The molecule has 14 heavy (non-hydrogen) atoms. The van der Waals surface area contributed by atoms with E-state index in [4.69, 9.17) is 11.6 Å². The number of ether oxygens (including phenoxy) is 1. The zero-order valence-corrected chi connectivity index (χ0v) is 9.67. The average molecular weight is 277 g/mol. The zero-order chi connectivity index (χ0) is 10.6. The van der Waals surface area contributed by atoms with E-state index in [1.165, 1.54) is 13.2 Å². The fourth-order valence-corrected chi connectivity index (χ4v) is 1.30. The minimum absolute atomic E-state index is 0.341. The highest BCUT2D eigenvalue weighted by Gasteiger charge is 1.99. The lowest BCUT2D eigenvalue weighted by atomic mass is 10.2. The van der Waals surface area contributed by atoms with Gasteiger partial charge in [0, 0.05) is 22.3 Å². The van der Waals surface area contributed by atoms with Gasteiger partial charge in [-0.05, 0) is 28.1 Å². The van der Waals surface area contributed by atoms with Crippen LogP contribution in [0.4, 0.5) is 0 Å². The van der Waals surface area contributed by atoms with Crippen molar-refractivity contribution >= 4 is 39.6 Å². The first-order valence-electron chi connectivity index (χ1n) is 3.70. The predicted octanol–water partition coefficient (Wildman–Crippen LogP) is 2.68. The molecule has 3 nitrogen and oxygen atoms in total. The number of aromatic nitrogens is 1. The van der Waals surface area contributed by atoms with Crippen LogP contribution < -0.4 is 0 Å². The van der Waals surface area contributed by atoms with Gasteiger partial charge in [-0.1, -0.05) is 11.6 Å². The van der Waals surface area contributed by atoms with Crippen LogP contribution in [0.1, 0.15) is 5.56 Å². The molecule has 0 aliphatic heterocycles. The van der Waals surface area contributed by atoms with Crippen LogP contribution in [0.3, 0.4) is 0 Å². The van der Waals surface area contributed by atoms with Crippen LogP contribution in [-0.4, -0.2) is 18.1 Å². The molecule has 1 heterocycles. The molecule has 0 atom stereocenters. The molecule has 0 radical (unpaired) electrons. The molecule has 0 amide bonds. The van der Waals surface area contributed by atoms with E-state index in [1.54, 1.807) is 18.3 Å². The molecule has 0 bridgehead atoms. The fraction of sp³-hybridized carbons (Fsp3) is 0.111. The molecular weight excluding hydrogens is 269 g/mol. The molecule has 5 heteroatoms. The van der Waals surface area contributed by atoms with Crippen LogP contribution in [0.5, 0.6) is 0 Å². The van der Waals surface area contributed by atoms with E-state index in [9.17, 15) is 4.79 Å². The maximum atomic E-state index is 10.8. The molecule has 0 spiro atoms. The van der Waals surface area contributed by atoms with Gasteiger partial charge < -0.3 is 4.74 Å². The van der Waals surface area contributed by atoms with Gasteiger partial charge in [-0.25, -0.2) is 9.78 Å². The normalized spacial score (nSPS) is 10.5. The van der Waals surface area contributed by atoms with Gasteiger partial charge >= 0.3 is 5.97 Å². The number of esters is 1. The van der Waals surface area contributed by atoms with Crippen molar-refractivity contribution in [2.24, 2.45) is 0 Å². The summed E-state index contributed by atoms with van der Waals surface area (Å²) in [7, 11) is 1.31. The van der Waals surface area contributed by atoms with Crippen molar-refractivity contribution in [3.63, 3.8) is 0 Å². The molecule has 0 unspecified atom stereocenters. The number of hydrogen-bond acceptors (Lipinski definition) is 3. The van der Waals surface area contributed by atoms with Crippen molar-refractivity contribution in [2.45, 2.75) is 0 Å². The molecule has 1 aromatic heterocycles. The second-order valence-corrected chi connectivity index (χ2v) is 3.66. The Hall–Kier alpha value is -0.870. The highest BCUT2D eigenvalue weighted by molar-refractivity contribution is 9.10. The second-order valence-electron chi connectivity index (χ2n) is 2.39. The lowest BCUT2D eigenvalue weighted by Gasteiger charge is -1.97. The Labute approximate surface area is 94.9 Å². The summed E-state index contributed by atoms with van der Waals surface area (Å²) in [6, 6.07) is 1.76. The van der Waals surface area contributed by atoms with Gasteiger partial charge in [0.25, 0.3) is 0 Å². The van der Waals surface area contributed by atoms with Crippen LogP contribution in [0, 0.1) is 0 Å². The third-order valence-corrected chi connectivity index (χ3v) is 2.18. The van der Waals surface area contributed by atoms with E-state index in [0.717, 1.165) is 4.47 Å². The van der Waals surface area contributed by atoms with E-state index in [2.05, 4.69) is 25.7 Å². The van der Waals surface area contributed by atoms with Gasteiger partial charge in [0.2, 0.25) is 0 Å². The Morgan fingerprint density at radius 3 is 3.07 bits per heavy atom. The van der Waals surface area contributed by atoms with Gasteiger partial charge in [-0.15, -0.1) is 0 Å². The molecular formula is C9H7BrClNO2. The van der Waals surface area contributed by atoms with E-state index in [0.29, 0.717) is 10.7 Å². The molecule has 0 aliphatic rings. The summed E-state index contributed by atoms with van der Waals surface area (Å²) in [6.45, 7) is 0. The fourth-order valence-electron chi connectivity index (χ4n) is 0.781. The number of rotatable bonds is 2. The largest absolute Gasteiger partial charge is 0.466 e. The Kier molecular flexibility index (Phi) is 4.10. The predicted molar refractivity (Wildman–Crippen MR) is 58.0 cm³/mol. The standard InChI is InChI=1S/C9H7BrClNO2/c1-14-8(13)3-2-6-4-7(10)5-12-9(6)11/h2-5H,1H3/b3-2+. The van der Waals surface area contributed by atoms with Crippen molar-refractivity contribution in [3.8, 4) is 0 Å². The van der Waals surface area contributed by atoms with Crippen LogP contribution in [-0.2, 0) is 9.53 Å². The summed E-state index contributed by atoms with van der Waals surface area (Å²) in [4.78, 5) is 14.7. The summed E-state index contributed by atoms with van der Waals surface area (Å²) in [5.74, 6) is -0.430. The van der Waals surface area contributed by atoms with Crippen molar-refractivity contribution in [3.05, 3.63) is 33.5 Å². The van der Waals surface area contributed by atoms with Crippen molar-refractivity contribution < 1.29 is 9.53 Å². The maximum Gasteiger partial charge on any atom is 0.330 e. The van der Waals surface area contributed by atoms with E-state index < -0.39 is 5.97 Å². The number of carbonyl (C=O) groups is 1. The Bertz CT molecular complexity index is 379. The quantitative estimate of drug-likeness (QED) is 0.474.